The minimum atomic E-state index is 0.288. The van der Waals surface area contributed by atoms with Crippen LogP contribution in [-0.4, -0.2) is 0 Å². The molecule has 0 spiro atoms. The third-order valence-corrected chi connectivity index (χ3v) is 23.9. The third kappa shape index (κ3) is 8.70. The molecule has 16 aromatic carbocycles. The molecule has 0 saturated carbocycles. The van der Waals surface area contributed by atoms with Gasteiger partial charge in [-0.25, -0.2) is 0 Å². The number of rotatable bonds is 12. The van der Waals surface area contributed by atoms with Crippen molar-refractivity contribution in [1.82, 2.24) is 0 Å². The Morgan fingerprint density at radius 2 is 0.188 bits per heavy atom. The fourth-order valence-electron chi connectivity index (χ4n) is 19.8. The lowest BCUT2D eigenvalue weighted by Gasteiger charge is -2.27. The van der Waals surface area contributed by atoms with Gasteiger partial charge >= 0.3 is 0 Å². The zero-order valence-corrected chi connectivity index (χ0v) is 62.3. The maximum Gasteiger partial charge on any atom is -0.00921 e. The average Bonchev–Trinajstić information content (AvgIpc) is 0.696. The Balaban J connectivity index is 1.28. The number of fused-ring (bicyclic) bond motifs is 9. The lowest BCUT2D eigenvalue weighted by molar-refractivity contribution is 0.793. The Morgan fingerprint density at radius 1 is 0.104 bits per heavy atom. The average molecular weight is 1260 g/mol. The molecule has 0 nitrogen and oxygen atoms in total. The first-order valence-corrected chi connectivity index (χ1v) is 37.5. The predicted molar refractivity (Wildman–Crippen MR) is 432 cm³/mol. The summed E-state index contributed by atoms with van der Waals surface area (Å²) in [5, 5.41) is 41.2. The number of hydrogen-bond donors (Lipinski definition) is 0. The fraction of sp³-hybridized carbons (Fsp3) is 0.375. The quantitative estimate of drug-likeness (QED) is 0.0845. The molecule has 12 bridgehead atoms. The lowest BCUT2D eigenvalue weighted by atomic mass is 9.76. The molecule has 0 aliphatic heterocycles. The van der Waals surface area contributed by atoms with Crippen molar-refractivity contribution in [3.8, 4) is 0 Å². The smallest absolute Gasteiger partial charge is 0.00921 e. The van der Waals surface area contributed by atoms with E-state index in [1.807, 2.05) is 0 Å². The molecule has 486 valence electrons. The van der Waals surface area contributed by atoms with Crippen molar-refractivity contribution in [2.45, 2.75) is 237 Å². The second-order valence-corrected chi connectivity index (χ2v) is 34.1. The molecule has 16 aromatic rings. The first-order chi connectivity index (χ1) is 45.6. The van der Waals surface area contributed by atoms with Gasteiger partial charge in [-0.05, 0) is 409 Å². The first kappa shape index (κ1) is 63.0. The zero-order chi connectivity index (χ0) is 67.9. The molecule has 0 heterocycles. The fourth-order valence-corrected chi connectivity index (χ4v) is 19.8. The van der Waals surface area contributed by atoms with Crippen LogP contribution in [0.15, 0.2) is 109 Å². The predicted octanol–water partition coefficient (Wildman–Crippen LogP) is 30.8. The van der Waals surface area contributed by atoms with Crippen molar-refractivity contribution in [3.63, 3.8) is 0 Å². The summed E-state index contributed by atoms with van der Waals surface area (Å²) in [6.45, 7) is 58.5. The molecular formula is C96H102. The van der Waals surface area contributed by atoms with Gasteiger partial charge in [0.05, 0.1) is 0 Å². The minimum Gasteiger partial charge on any atom is -0.0587 e. The molecule has 0 N–H and O–H groups in total. The van der Waals surface area contributed by atoms with Crippen LogP contribution in [0.4, 0.5) is 0 Å². The summed E-state index contributed by atoms with van der Waals surface area (Å²) < 4.78 is 0. The standard InChI is InChI=1S/C96H102/c1-43(2)55-25-61-62(26-56(55)44(3)4)74-38-86-80-32-68(74)67-31-79-81-33-69-71-35-83-84-36-72-70-34-82(80)88(94(52(19)20)92(86)50(15)16)40-76(70)65-29-59(47(9)10)60(48(11)12)30-66(65)78(72)42-90(84)96(54(23)24)95(53(21)22)89(83)41-77(71)64-28-58(46(7)8)57(45(5)6)27-63(64)75(69)39-87(81)93(51(17)18)91(49(13)14)85(79)37-73(61)67/h25-54H,1-24H3. The van der Waals surface area contributed by atoms with Gasteiger partial charge in [-0.15, -0.1) is 0 Å². The second-order valence-electron chi connectivity index (χ2n) is 34.1. The summed E-state index contributed by atoms with van der Waals surface area (Å²) in [6.07, 6.45) is 0. The van der Waals surface area contributed by atoms with Crippen molar-refractivity contribution in [2.75, 3.05) is 0 Å². The molecule has 0 unspecified atom stereocenters. The maximum absolute atomic E-state index is 2.72. The maximum atomic E-state index is 2.72. The van der Waals surface area contributed by atoms with E-state index in [-0.39, 0.29) is 35.5 Å². The Hall–Kier alpha value is -7.80. The molecule has 0 atom stereocenters. The lowest BCUT2D eigenvalue weighted by Crippen LogP contribution is -2.04. The highest BCUT2D eigenvalue weighted by Crippen LogP contribution is 2.55. The van der Waals surface area contributed by atoms with Crippen LogP contribution in [-0.2, 0) is 0 Å². The minimum absolute atomic E-state index is 0.288. The van der Waals surface area contributed by atoms with E-state index >= 15 is 0 Å². The monoisotopic (exact) mass is 1250 g/mol. The van der Waals surface area contributed by atoms with Crippen molar-refractivity contribution in [3.05, 3.63) is 176 Å². The van der Waals surface area contributed by atoms with Crippen molar-refractivity contribution < 1.29 is 0 Å². The SMILES string of the molecule is CC(C)c1cc2c(cc1C(C)C)c1cc3c(C(C)C)c(C(C)C)c4cc5c6cc(C(C)C)c(C(C)C)cc6c6cc7c(C(C)C)c(C(C)C)c8cc9c%10cc(C(C)C)c(C(C)C)cc%10c%10cc%11c(C(C)C)c(C(C)C)c%12cc2c2cc%12c%11cc%10c9cc8c7cc6c5cc4c3cc12. The molecule has 0 aliphatic carbocycles. The molecule has 0 aliphatic rings. The van der Waals surface area contributed by atoms with Crippen molar-refractivity contribution >= 4 is 162 Å². The highest BCUT2D eigenvalue weighted by atomic mass is 14.3. The van der Waals surface area contributed by atoms with Crippen LogP contribution in [0.25, 0.3) is 162 Å². The van der Waals surface area contributed by atoms with Gasteiger partial charge in [0.25, 0.3) is 0 Å². The molecule has 96 heavy (non-hydrogen) atoms. The number of benzene rings is 15. The van der Waals surface area contributed by atoms with Gasteiger partial charge in [0.1, 0.15) is 0 Å². The second kappa shape index (κ2) is 21.9. The van der Waals surface area contributed by atoms with Crippen molar-refractivity contribution in [2.24, 2.45) is 0 Å². The molecule has 16 rings (SSSR count). The molecule has 0 fully saturated rings. The Bertz CT molecular complexity index is 5040. The molecule has 0 heteroatoms. The van der Waals surface area contributed by atoms with Crippen LogP contribution in [0.2, 0.25) is 0 Å². The summed E-state index contributed by atoms with van der Waals surface area (Å²) in [4.78, 5) is 0. The Labute approximate surface area is 571 Å². The van der Waals surface area contributed by atoms with Gasteiger partial charge in [0, 0.05) is 0 Å². The van der Waals surface area contributed by atoms with Crippen LogP contribution in [0.3, 0.4) is 0 Å². The van der Waals surface area contributed by atoms with E-state index in [2.05, 4.69) is 275 Å². The van der Waals surface area contributed by atoms with Crippen LogP contribution in [0, 0.1) is 0 Å². The molecule has 0 amide bonds. The van der Waals surface area contributed by atoms with Crippen LogP contribution in [0.1, 0.15) is 304 Å². The van der Waals surface area contributed by atoms with E-state index in [4.69, 9.17) is 0 Å². The normalized spacial score (nSPS) is 13.5. The third-order valence-electron chi connectivity index (χ3n) is 23.9. The number of hydrogen-bond acceptors (Lipinski definition) is 0. The van der Waals surface area contributed by atoms with E-state index in [1.165, 1.54) is 228 Å². The van der Waals surface area contributed by atoms with Crippen LogP contribution >= 0.6 is 0 Å². The van der Waals surface area contributed by atoms with Gasteiger partial charge in [-0.2, -0.15) is 0 Å². The van der Waals surface area contributed by atoms with Gasteiger partial charge in [0.2, 0.25) is 0 Å². The topological polar surface area (TPSA) is 0 Å². The highest BCUT2D eigenvalue weighted by molar-refractivity contribution is 6.38. The van der Waals surface area contributed by atoms with Gasteiger partial charge < -0.3 is 0 Å². The summed E-state index contributed by atoms with van der Waals surface area (Å²) in [5.74, 6) is 3.98. The summed E-state index contributed by atoms with van der Waals surface area (Å²) >= 11 is 0. The summed E-state index contributed by atoms with van der Waals surface area (Å²) in [5.41, 5.74) is 17.8. The van der Waals surface area contributed by atoms with E-state index in [1.54, 1.807) is 0 Å². The molecule has 0 aromatic heterocycles. The molecule has 0 saturated heterocycles. The van der Waals surface area contributed by atoms with E-state index in [0.29, 0.717) is 35.5 Å². The van der Waals surface area contributed by atoms with Crippen LogP contribution in [0.5, 0.6) is 0 Å². The Kier molecular flexibility index (Phi) is 14.3. The summed E-state index contributed by atoms with van der Waals surface area (Å²) in [7, 11) is 0. The van der Waals surface area contributed by atoms with Gasteiger partial charge in [-0.1, -0.05) is 166 Å². The largest absolute Gasteiger partial charge is 0.0587 e. The highest BCUT2D eigenvalue weighted by Gasteiger charge is 2.30. The van der Waals surface area contributed by atoms with Gasteiger partial charge in [0.15, 0.2) is 0 Å². The zero-order valence-electron chi connectivity index (χ0n) is 62.3. The van der Waals surface area contributed by atoms with Crippen LogP contribution < -0.4 is 0 Å². The van der Waals surface area contributed by atoms with E-state index in [9.17, 15) is 0 Å². The summed E-state index contributed by atoms with van der Waals surface area (Å²) in [6, 6.07) is 48.5. The molecule has 0 radical (unpaired) electrons. The van der Waals surface area contributed by atoms with E-state index < -0.39 is 0 Å². The Morgan fingerprint density at radius 3 is 0.281 bits per heavy atom. The first-order valence-electron chi connectivity index (χ1n) is 37.5. The van der Waals surface area contributed by atoms with Crippen molar-refractivity contribution in [1.29, 1.82) is 0 Å². The van der Waals surface area contributed by atoms with Gasteiger partial charge in [-0.3, -0.25) is 0 Å². The molecular weight excluding hydrogens is 1150 g/mol. The van der Waals surface area contributed by atoms with E-state index in [0.717, 1.165) is 0 Å².